The van der Waals surface area contributed by atoms with E-state index in [-0.39, 0.29) is 30.2 Å². The Balaban J connectivity index is 1.61. The van der Waals surface area contributed by atoms with E-state index in [0.717, 1.165) is 16.8 Å². The molecule has 25 heavy (non-hydrogen) atoms. The minimum absolute atomic E-state index is 0.114. The number of hydrogen-bond acceptors (Lipinski definition) is 4. The molecule has 2 aromatic carbocycles. The van der Waals surface area contributed by atoms with Gasteiger partial charge in [-0.25, -0.2) is 4.39 Å². The number of aryl methyl sites for hydroxylation is 3. The van der Waals surface area contributed by atoms with Crippen molar-refractivity contribution >= 4 is 11.6 Å². The Bertz CT molecular complexity index is 905. The summed E-state index contributed by atoms with van der Waals surface area (Å²) in [6.07, 6.45) is 0.491. The molecular formula is C19H18FN3O2. The molecule has 0 aliphatic rings. The molecule has 0 fully saturated rings. The van der Waals surface area contributed by atoms with Crippen LogP contribution >= 0.6 is 0 Å². The predicted octanol–water partition coefficient (Wildman–Crippen LogP) is 4.06. The summed E-state index contributed by atoms with van der Waals surface area (Å²) in [4.78, 5) is 12.1. The second-order valence-electron chi connectivity index (χ2n) is 5.85. The summed E-state index contributed by atoms with van der Waals surface area (Å²) < 4.78 is 19.2. The SMILES string of the molecule is Cc1ccc(C)c(NC(=O)CCc2nnc(-c3ccccc3F)o2)c1. The Morgan fingerprint density at radius 1 is 1.16 bits per heavy atom. The Kier molecular flexibility index (Phi) is 4.88. The molecule has 0 saturated carbocycles. The lowest BCUT2D eigenvalue weighted by Gasteiger charge is -2.08. The first-order chi connectivity index (χ1) is 12.0. The molecule has 1 N–H and O–H groups in total. The standard InChI is InChI=1S/C19H18FN3O2/c1-12-7-8-13(2)16(11-12)21-17(24)9-10-18-22-23-19(25-18)14-5-3-4-6-15(14)20/h3-8,11H,9-10H2,1-2H3,(H,21,24). The fourth-order valence-corrected chi connectivity index (χ4v) is 2.40. The fourth-order valence-electron chi connectivity index (χ4n) is 2.40. The highest BCUT2D eigenvalue weighted by molar-refractivity contribution is 5.91. The van der Waals surface area contributed by atoms with Crippen LogP contribution < -0.4 is 5.32 Å². The van der Waals surface area contributed by atoms with Crippen LogP contribution in [-0.2, 0) is 11.2 Å². The minimum atomic E-state index is -0.426. The molecule has 6 heteroatoms. The van der Waals surface area contributed by atoms with Crippen LogP contribution in [0.3, 0.4) is 0 Å². The minimum Gasteiger partial charge on any atom is -0.421 e. The average Bonchev–Trinajstić information content (AvgIpc) is 3.05. The first-order valence-electron chi connectivity index (χ1n) is 7.97. The van der Waals surface area contributed by atoms with Gasteiger partial charge in [-0.05, 0) is 43.2 Å². The fraction of sp³-hybridized carbons (Fsp3) is 0.211. The highest BCUT2D eigenvalue weighted by Gasteiger charge is 2.13. The number of carbonyl (C=O) groups excluding carboxylic acids is 1. The van der Waals surface area contributed by atoms with Crippen molar-refractivity contribution < 1.29 is 13.6 Å². The van der Waals surface area contributed by atoms with Gasteiger partial charge >= 0.3 is 0 Å². The molecule has 0 aliphatic heterocycles. The van der Waals surface area contributed by atoms with Gasteiger partial charge in [0.2, 0.25) is 11.8 Å². The van der Waals surface area contributed by atoms with Crippen LogP contribution in [0.5, 0.6) is 0 Å². The van der Waals surface area contributed by atoms with Gasteiger partial charge in [-0.2, -0.15) is 0 Å². The molecule has 0 atom stereocenters. The van der Waals surface area contributed by atoms with Gasteiger partial charge < -0.3 is 9.73 Å². The van der Waals surface area contributed by atoms with Crippen molar-refractivity contribution in [1.29, 1.82) is 0 Å². The lowest BCUT2D eigenvalue weighted by atomic mass is 10.1. The number of anilines is 1. The van der Waals surface area contributed by atoms with Crippen molar-refractivity contribution in [2.45, 2.75) is 26.7 Å². The third-order valence-corrected chi connectivity index (χ3v) is 3.80. The van der Waals surface area contributed by atoms with E-state index in [2.05, 4.69) is 15.5 Å². The molecule has 0 unspecified atom stereocenters. The molecule has 0 aliphatic carbocycles. The topological polar surface area (TPSA) is 68.0 Å². The summed E-state index contributed by atoms with van der Waals surface area (Å²) in [5.41, 5.74) is 3.12. The molecule has 0 spiro atoms. The Morgan fingerprint density at radius 3 is 2.76 bits per heavy atom. The summed E-state index contributed by atoms with van der Waals surface area (Å²) in [6.45, 7) is 3.91. The second-order valence-corrected chi connectivity index (χ2v) is 5.85. The van der Waals surface area contributed by atoms with Crippen molar-refractivity contribution in [2.75, 3.05) is 5.32 Å². The average molecular weight is 339 g/mol. The van der Waals surface area contributed by atoms with Crippen LogP contribution in [0.25, 0.3) is 11.5 Å². The number of halogens is 1. The van der Waals surface area contributed by atoms with Crippen LogP contribution in [0, 0.1) is 19.7 Å². The molecule has 128 valence electrons. The van der Waals surface area contributed by atoms with E-state index in [9.17, 15) is 9.18 Å². The maximum Gasteiger partial charge on any atom is 0.250 e. The monoisotopic (exact) mass is 339 g/mol. The number of aromatic nitrogens is 2. The smallest absolute Gasteiger partial charge is 0.250 e. The van der Waals surface area contributed by atoms with Crippen LogP contribution in [0.1, 0.15) is 23.4 Å². The zero-order chi connectivity index (χ0) is 17.8. The first-order valence-corrected chi connectivity index (χ1v) is 7.97. The zero-order valence-electron chi connectivity index (χ0n) is 14.0. The van der Waals surface area contributed by atoms with Crippen molar-refractivity contribution in [3.05, 3.63) is 65.3 Å². The van der Waals surface area contributed by atoms with E-state index in [0.29, 0.717) is 5.89 Å². The normalized spacial score (nSPS) is 10.7. The van der Waals surface area contributed by atoms with Crippen molar-refractivity contribution in [3.8, 4) is 11.5 Å². The molecule has 3 rings (SSSR count). The van der Waals surface area contributed by atoms with E-state index in [1.165, 1.54) is 6.07 Å². The highest BCUT2D eigenvalue weighted by atomic mass is 19.1. The van der Waals surface area contributed by atoms with Gasteiger partial charge in [0, 0.05) is 18.5 Å². The summed E-state index contributed by atoms with van der Waals surface area (Å²) in [6, 6.07) is 12.1. The third-order valence-electron chi connectivity index (χ3n) is 3.80. The van der Waals surface area contributed by atoms with Crippen LogP contribution in [0.2, 0.25) is 0 Å². The molecule has 0 saturated heterocycles. The largest absolute Gasteiger partial charge is 0.421 e. The molecule has 1 heterocycles. The first kappa shape index (κ1) is 16.8. The molecule has 1 amide bonds. The van der Waals surface area contributed by atoms with Gasteiger partial charge in [-0.15, -0.1) is 10.2 Å². The summed E-state index contributed by atoms with van der Waals surface area (Å²) in [5.74, 6) is -0.151. The molecule has 5 nitrogen and oxygen atoms in total. The zero-order valence-corrected chi connectivity index (χ0v) is 14.0. The molecule has 0 bridgehead atoms. The van der Waals surface area contributed by atoms with Gasteiger partial charge in [0.1, 0.15) is 5.82 Å². The Labute approximate surface area is 144 Å². The number of carbonyl (C=O) groups is 1. The van der Waals surface area contributed by atoms with Gasteiger partial charge in [0.15, 0.2) is 0 Å². The maximum atomic E-state index is 13.7. The number of nitrogens with one attached hydrogen (secondary N) is 1. The predicted molar refractivity (Wildman–Crippen MR) is 92.6 cm³/mol. The Morgan fingerprint density at radius 2 is 1.96 bits per heavy atom. The number of hydrogen-bond donors (Lipinski definition) is 1. The summed E-state index contributed by atoms with van der Waals surface area (Å²) in [5, 5.41) is 10.6. The van der Waals surface area contributed by atoms with E-state index < -0.39 is 5.82 Å². The lowest BCUT2D eigenvalue weighted by molar-refractivity contribution is -0.116. The van der Waals surface area contributed by atoms with Gasteiger partial charge in [-0.3, -0.25) is 4.79 Å². The molecular weight excluding hydrogens is 321 g/mol. The summed E-state index contributed by atoms with van der Waals surface area (Å²) >= 11 is 0. The number of nitrogens with zero attached hydrogens (tertiary/aromatic N) is 2. The third kappa shape index (κ3) is 4.09. The van der Waals surface area contributed by atoms with E-state index in [1.807, 2.05) is 32.0 Å². The van der Waals surface area contributed by atoms with Crippen LogP contribution in [-0.4, -0.2) is 16.1 Å². The highest BCUT2D eigenvalue weighted by Crippen LogP contribution is 2.21. The van der Waals surface area contributed by atoms with Crippen LogP contribution in [0.15, 0.2) is 46.9 Å². The van der Waals surface area contributed by atoms with Gasteiger partial charge in [0.25, 0.3) is 5.89 Å². The van der Waals surface area contributed by atoms with Crippen LogP contribution in [0.4, 0.5) is 10.1 Å². The number of benzene rings is 2. The molecule has 0 radical (unpaired) electrons. The van der Waals surface area contributed by atoms with Gasteiger partial charge in [0.05, 0.1) is 5.56 Å². The maximum absolute atomic E-state index is 13.7. The lowest BCUT2D eigenvalue weighted by Crippen LogP contribution is -2.13. The van der Waals surface area contributed by atoms with Crippen molar-refractivity contribution in [1.82, 2.24) is 10.2 Å². The van der Waals surface area contributed by atoms with E-state index in [1.54, 1.807) is 18.2 Å². The van der Waals surface area contributed by atoms with Crippen molar-refractivity contribution in [3.63, 3.8) is 0 Å². The Hall–Kier alpha value is -3.02. The molecule has 1 aromatic heterocycles. The number of amides is 1. The van der Waals surface area contributed by atoms with E-state index in [4.69, 9.17) is 4.42 Å². The van der Waals surface area contributed by atoms with Gasteiger partial charge in [-0.1, -0.05) is 24.3 Å². The quantitative estimate of drug-likeness (QED) is 0.761. The number of rotatable bonds is 5. The van der Waals surface area contributed by atoms with E-state index >= 15 is 0 Å². The second kappa shape index (κ2) is 7.25. The summed E-state index contributed by atoms with van der Waals surface area (Å²) in [7, 11) is 0. The van der Waals surface area contributed by atoms with Crippen molar-refractivity contribution in [2.24, 2.45) is 0 Å². The molecule has 3 aromatic rings.